The van der Waals surface area contributed by atoms with Crippen LogP contribution in [0, 0.1) is 5.41 Å². The van der Waals surface area contributed by atoms with E-state index in [9.17, 15) is 4.79 Å². The molecule has 0 unspecified atom stereocenters. The van der Waals surface area contributed by atoms with Crippen molar-refractivity contribution in [3.63, 3.8) is 0 Å². The summed E-state index contributed by atoms with van der Waals surface area (Å²) in [6, 6.07) is 9.95. The molecule has 6 N–H and O–H groups in total. The molecule has 1 amide bonds. The van der Waals surface area contributed by atoms with Gasteiger partial charge in [-0.1, -0.05) is 30.3 Å². The third kappa shape index (κ3) is 8.62. The summed E-state index contributed by atoms with van der Waals surface area (Å²) in [6.07, 6.45) is -0.624. The van der Waals surface area contributed by atoms with E-state index in [0.717, 1.165) is 5.56 Å². The first-order valence-electron chi connectivity index (χ1n) is 5.40. The van der Waals surface area contributed by atoms with Crippen molar-refractivity contribution in [2.75, 3.05) is 7.11 Å². The van der Waals surface area contributed by atoms with Crippen molar-refractivity contribution in [3.8, 4) is 0 Å². The molecule has 1 aromatic rings. The summed E-state index contributed by atoms with van der Waals surface area (Å²) >= 11 is 0. The van der Waals surface area contributed by atoms with Gasteiger partial charge < -0.3 is 21.7 Å². The summed E-state index contributed by atoms with van der Waals surface area (Å²) in [6.45, 7) is 3.79. The molecule has 0 saturated carbocycles. The van der Waals surface area contributed by atoms with Crippen LogP contribution in [0.4, 0.5) is 4.79 Å². The van der Waals surface area contributed by atoms with E-state index in [2.05, 4.69) is 5.73 Å². The van der Waals surface area contributed by atoms with Crippen molar-refractivity contribution >= 4 is 12.1 Å². The molecule has 0 aliphatic heterocycles. The Bertz CT molecular complexity index is 387. The van der Waals surface area contributed by atoms with Crippen LogP contribution >= 0.6 is 0 Å². The average molecular weight is 270 g/mol. The minimum Gasteiger partial charge on any atom is -0.469 e. The third-order valence-corrected chi connectivity index (χ3v) is 2.23. The molecule has 0 radical (unpaired) electrons. The number of benzene rings is 1. The van der Waals surface area contributed by atoms with Crippen molar-refractivity contribution in [1.29, 1.82) is 0 Å². The number of carbonyl (C=O) groups excluding carboxylic acids is 1. The van der Waals surface area contributed by atoms with Gasteiger partial charge in [-0.3, -0.25) is 4.79 Å². The summed E-state index contributed by atoms with van der Waals surface area (Å²) in [4.78, 5) is 20.2. The van der Waals surface area contributed by atoms with E-state index in [1.54, 1.807) is 0 Å². The Balaban J connectivity index is 0. The summed E-state index contributed by atoms with van der Waals surface area (Å²) < 4.78 is 4.75. The van der Waals surface area contributed by atoms with Crippen LogP contribution in [0.2, 0.25) is 0 Å². The SMILES string of the molecule is COC(=O)C(C)(C)Cc1ccccc1.N.NC(=O)O. The van der Waals surface area contributed by atoms with Crippen LogP contribution in [0.15, 0.2) is 30.3 Å². The molecule has 1 rings (SSSR count). The Morgan fingerprint density at radius 3 is 2.05 bits per heavy atom. The van der Waals surface area contributed by atoms with Crippen molar-refractivity contribution < 1.29 is 19.4 Å². The summed E-state index contributed by atoms with van der Waals surface area (Å²) in [5, 5.41) is 7.19. The van der Waals surface area contributed by atoms with E-state index in [1.807, 2.05) is 44.2 Å². The number of rotatable bonds is 3. The zero-order valence-corrected chi connectivity index (χ0v) is 11.6. The van der Waals surface area contributed by atoms with Crippen LogP contribution in [0.1, 0.15) is 19.4 Å². The Morgan fingerprint density at radius 2 is 1.68 bits per heavy atom. The van der Waals surface area contributed by atoms with Crippen LogP contribution in [0.5, 0.6) is 0 Å². The highest BCUT2D eigenvalue weighted by atomic mass is 16.5. The second-order valence-electron chi connectivity index (χ2n) is 4.38. The van der Waals surface area contributed by atoms with Crippen molar-refractivity contribution in [3.05, 3.63) is 35.9 Å². The number of hydrogen-bond donors (Lipinski definition) is 3. The van der Waals surface area contributed by atoms with Gasteiger partial charge in [-0.15, -0.1) is 0 Å². The molecular weight excluding hydrogens is 248 g/mol. The molecule has 0 aliphatic rings. The number of carbonyl (C=O) groups is 2. The topological polar surface area (TPSA) is 125 Å². The van der Waals surface area contributed by atoms with Gasteiger partial charge in [0.2, 0.25) is 0 Å². The molecule has 0 bridgehead atoms. The number of hydrogen-bond acceptors (Lipinski definition) is 4. The first-order valence-corrected chi connectivity index (χ1v) is 5.40. The van der Waals surface area contributed by atoms with Crippen LogP contribution < -0.4 is 11.9 Å². The van der Waals surface area contributed by atoms with Gasteiger partial charge in [0, 0.05) is 0 Å². The average Bonchev–Trinajstić information content (AvgIpc) is 2.28. The fraction of sp³-hybridized carbons (Fsp3) is 0.385. The number of esters is 1. The fourth-order valence-corrected chi connectivity index (χ4v) is 1.45. The van der Waals surface area contributed by atoms with Gasteiger partial charge in [-0.25, -0.2) is 4.79 Å². The molecule has 6 heteroatoms. The van der Waals surface area contributed by atoms with Crippen LogP contribution in [-0.4, -0.2) is 24.3 Å². The predicted octanol–water partition coefficient (Wildman–Crippen LogP) is 2.21. The molecule has 6 nitrogen and oxygen atoms in total. The highest BCUT2D eigenvalue weighted by Gasteiger charge is 2.28. The van der Waals surface area contributed by atoms with E-state index in [-0.39, 0.29) is 12.1 Å². The molecule has 0 aliphatic carbocycles. The second-order valence-corrected chi connectivity index (χ2v) is 4.38. The van der Waals surface area contributed by atoms with Gasteiger partial charge in [0.15, 0.2) is 0 Å². The maximum absolute atomic E-state index is 11.4. The van der Waals surface area contributed by atoms with Crippen molar-refractivity contribution in [2.24, 2.45) is 11.1 Å². The first-order chi connectivity index (χ1) is 8.29. The van der Waals surface area contributed by atoms with Gasteiger partial charge in [0.25, 0.3) is 0 Å². The molecule has 0 atom stereocenters. The van der Waals surface area contributed by atoms with Gasteiger partial charge in [-0.2, -0.15) is 0 Å². The monoisotopic (exact) mass is 270 g/mol. The lowest BCUT2D eigenvalue weighted by atomic mass is 9.86. The van der Waals surface area contributed by atoms with E-state index < -0.39 is 11.5 Å². The van der Waals surface area contributed by atoms with Gasteiger partial charge in [-0.05, 0) is 25.8 Å². The van der Waals surface area contributed by atoms with E-state index in [0.29, 0.717) is 6.42 Å². The molecule has 19 heavy (non-hydrogen) atoms. The van der Waals surface area contributed by atoms with E-state index in [1.165, 1.54) is 7.11 Å². The highest BCUT2D eigenvalue weighted by Crippen LogP contribution is 2.22. The second kappa shape index (κ2) is 8.93. The smallest absolute Gasteiger partial charge is 0.402 e. The highest BCUT2D eigenvalue weighted by molar-refractivity contribution is 5.76. The van der Waals surface area contributed by atoms with E-state index in [4.69, 9.17) is 14.6 Å². The largest absolute Gasteiger partial charge is 0.469 e. The number of ether oxygens (including phenoxy) is 1. The number of nitrogens with two attached hydrogens (primary N) is 1. The van der Waals surface area contributed by atoms with Gasteiger partial charge in [0.1, 0.15) is 0 Å². The number of primary amides is 1. The van der Waals surface area contributed by atoms with Gasteiger partial charge in [0.05, 0.1) is 12.5 Å². The fourth-order valence-electron chi connectivity index (χ4n) is 1.45. The number of methoxy groups -OCH3 is 1. The molecule has 0 heterocycles. The lowest BCUT2D eigenvalue weighted by Crippen LogP contribution is -2.27. The molecule has 108 valence electrons. The predicted molar refractivity (Wildman–Crippen MR) is 73.2 cm³/mol. The molecule has 1 aromatic carbocycles. The molecular formula is C13H22N2O4. The Labute approximate surface area is 113 Å². The maximum atomic E-state index is 11.4. The lowest BCUT2D eigenvalue weighted by molar-refractivity contribution is -0.150. The molecule has 0 spiro atoms. The molecule has 0 fully saturated rings. The maximum Gasteiger partial charge on any atom is 0.402 e. The van der Waals surface area contributed by atoms with Crippen molar-refractivity contribution in [1.82, 2.24) is 6.15 Å². The number of carboxylic acid groups (broad SMARTS) is 1. The lowest BCUT2D eigenvalue weighted by Gasteiger charge is -2.21. The standard InChI is InChI=1S/C12H16O2.CH3NO2.H3N/c1-12(2,11(13)14-3)9-10-7-5-4-6-8-10;2-1(3)4;/h4-8H,9H2,1-3H3;2H2,(H,3,4);1H3. The zero-order chi connectivity index (χ0) is 14.2. The van der Waals surface area contributed by atoms with Crippen LogP contribution in [-0.2, 0) is 16.0 Å². The first kappa shape index (κ1) is 19.3. The molecule has 0 aromatic heterocycles. The Morgan fingerprint density at radius 1 is 1.26 bits per heavy atom. The van der Waals surface area contributed by atoms with Gasteiger partial charge >= 0.3 is 12.1 Å². The molecule has 0 saturated heterocycles. The third-order valence-electron chi connectivity index (χ3n) is 2.23. The Kier molecular flexibility index (Phi) is 9.06. The quantitative estimate of drug-likeness (QED) is 0.726. The van der Waals surface area contributed by atoms with E-state index >= 15 is 0 Å². The van der Waals surface area contributed by atoms with Crippen molar-refractivity contribution in [2.45, 2.75) is 20.3 Å². The Hall–Kier alpha value is -2.08. The summed E-state index contributed by atoms with van der Waals surface area (Å²) in [7, 11) is 1.43. The zero-order valence-electron chi connectivity index (χ0n) is 11.6. The van der Waals surface area contributed by atoms with Crippen LogP contribution in [0.25, 0.3) is 0 Å². The minimum absolute atomic E-state index is 0. The minimum atomic E-state index is -1.33. The summed E-state index contributed by atoms with van der Waals surface area (Å²) in [5.74, 6) is -0.165. The van der Waals surface area contributed by atoms with Crippen LogP contribution in [0.3, 0.4) is 0 Å². The number of amides is 1. The summed E-state index contributed by atoms with van der Waals surface area (Å²) in [5.41, 5.74) is 4.73. The normalized spacial score (nSPS) is 9.42.